The van der Waals surface area contributed by atoms with E-state index in [1.165, 1.54) is 6.07 Å². The Morgan fingerprint density at radius 2 is 1.81 bits per heavy atom. The number of ether oxygens (including phenoxy) is 2. The molecule has 0 aliphatic heterocycles. The third-order valence-electron chi connectivity index (χ3n) is 4.98. The summed E-state index contributed by atoms with van der Waals surface area (Å²) >= 11 is 12.2. The Kier molecular flexibility index (Phi) is 6.93. The molecule has 3 aromatic rings. The van der Waals surface area contributed by atoms with Crippen LogP contribution in [0.5, 0.6) is 11.5 Å². The number of hydrogen-bond donors (Lipinski definition) is 1. The normalized spacial score (nSPS) is 10.7. The molecule has 0 saturated carbocycles. The number of carboxylic acids is 1. The zero-order chi connectivity index (χ0) is 22.7. The van der Waals surface area contributed by atoms with Crippen molar-refractivity contribution in [1.29, 1.82) is 0 Å². The average Bonchev–Trinajstić information content (AvgIpc) is 2.74. The molecule has 0 aliphatic rings. The van der Waals surface area contributed by atoms with Crippen molar-refractivity contribution in [2.75, 3.05) is 14.2 Å². The standard InChI is InChI=1S/C23H21Cl2NO5/c1-4-26-15(10-14-6-5-7-19(30-2)22(14)31-3)12-18(27)20(23(28)29)21(26)13-8-9-16(24)17(25)11-13/h5-9,11-12H,4,10H2,1-3H3,(H,28,29). The van der Waals surface area contributed by atoms with Crippen LogP contribution >= 0.6 is 23.2 Å². The molecule has 1 heterocycles. The SMILES string of the molecule is CCn1c(Cc2cccc(OC)c2OC)cc(=O)c(C(=O)O)c1-c1ccc(Cl)c(Cl)c1. The Balaban J connectivity index is 2.29. The van der Waals surface area contributed by atoms with Crippen molar-refractivity contribution >= 4 is 29.2 Å². The first-order valence-corrected chi connectivity index (χ1v) is 10.2. The minimum atomic E-state index is -1.31. The fourth-order valence-corrected chi connectivity index (χ4v) is 3.94. The van der Waals surface area contributed by atoms with E-state index < -0.39 is 11.4 Å². The average molecular weight is 462 g/mol. The number of methoxy groups -OCH3 is 2. The number of halogens is 2. The molecule has 0 aliphatic carbocycles. The van der Waals surface area contributed by atoms with Gasteiger partial charge in [0.25, 0.3) is 0 Å². The first kappa shape index (κ1) is 22.7. The Morgan fingerprint density at radius 1 is 1.06 bits per heavy atom. The number of para-hydroxylation sites is 1. The maximum atomic E-state index is 12.9. The minimum Gasteiger partial charge on any atom is -0.493 e. The van der Waals surface area contributed by atoms with E-state index in [4.69, 9.17) is 32.7 Å². The smallest absolute Gasteiger partial charge is 0.341 e. The maximum Gasteiger partial charge on any atom is 0.341 e. The van der Waals surface area contributed by atoms with Gasteiger partial charge in [-0.05, 0) is 25.1 Å². The predicted molar refractivity (Wildman–Crippen MR) is 121 cm³/mol. The largest absolute Gasteiger partial charge is 0.493 e. The van der Waals surface area contributed by atoms with Crippen LogP contribution in [-0.2, 0) is 13.0 Å². The van der Waals surface area contributed by atoms with Crippen molar-refractivity contribution in [2.45, 2.75) is 19.9 Å². The highest BCUT2D eigenvalue weighted by molar-refractivity contribution is 6.42. The lowest BCUT2D eigenvalue weighted by Crippen LogP contribution is -2.23. The van der Waals surface area contributed by atoms with E-state index in [-0.39, 0.29) is 16.3 Å². The monoisotopic (exact) mass is 461 g/mol. The summed E-state index contributed by atoms with van der Waals surface area (Å²) in [6.45, 7) is 2.31. The molecule has 162 valence electrons. The Hall–Kier alpha value is -2.96. The number of aromatic nitrogens is 1. The van der Waals surface area contributed by atoms with E-state index in [0.29, 0.717) is 40.7 Å². The van der Waals surface area contributed by atoms with Gasteiger partial charge in [-0.3, -0.25) is 4.79 Å². The van der Waals surface area contributed by atoms with Crippen LogP contribution in [-0.4, -0.2) is 29.9 Å². The Labute approximate surface area is 189 Å². The van der Waals surface area contributed by atoms with Crippen LogP contribution in [0.4, 0.5) is 0 Å². The molecule has 0 saturated heterocycles. The molecule has 0 unspecified atom stereocenters. The lowest BCUT2D eigenvalue weighted by molar-refractivity contribution is 0.0695. The minimum absolute atomic E-state index is 0.269. The molecule has 6 nitrogen and oxygen atoms in total. The highest BCUT2D eigenvalue weighted by Crippen LogP contribution is 2.34. The van der Waals surface area contributed by atoms with Crippen molar-refractivity contribution in [2.24, 2.45) is 0 Å². The second kappa shape index (κ2) is 9.45. The number of carbonyl (C=O) groups is 1. The van der Waals surface area contributed by atoms with Crippen molar-refractivity contribution < 1.29 is 19.4 Å². The van der Waals surface area contributed by atoms with Gasteiger partial charge in [0.05, 0.1) is 30.0 Å². The van der Waals surface area contributed by atoms with Crippen molar-refractivity contribution in [1.82, 2.24) is 4.57 Å². The summed E-state index contributed by atoms with van der Waals surface area (Å²) in [5.74, 6) is -0.186. The van der Waals surface area contributed by atoms with E-state index in [0.717, 1.165) is 5.56 Å². The number of nitrogens with zero attached hydrogens (tertiary/aromatic N) is 1. The topological polar surface area (TPSA) is 77.8 Å². The highest BCUT2D eigenvalue weighted by atomic mass is 35.5. The molecule has 2 aromatic carbocycles. The summed E-state index contributed by atoms with van der Waals surface area (Å²) in [6.07, 6.45) is 0.331. The van der Waals surface area contributed by atoms with Crippen LogP contribution < -0.4 is 14.9 Å². The van der Waals surface area contributed by atoms with E-state index >= 15 is 0 Å². The molecule has 0 radical (unpaired) electrons. The van der Waals surface area contributed by atoms with Crippen LogP contribution in [0, 0.1) is 0 Å². The fourth-order valence-electron chi connectivity index (χ4n) is 3.64. The van der Waals surface area contributed by atoms with Gasteiger partial charge in [0.1, 0.15) is 5.56 Å². The Morgan fingerprint density at radius 3 is 2.39 bits per heavy atom. The van der Waals surface area contributed by atoms with E-state index in [2.05, 4.69) is 0 Å². The van der Waals surface area contributed by atoms with Gasteiger partial charge >= 0.3 is 5.97 Å². The zero-order valence-corrected chi connectivity index (χ0v) is 18.8. The number of carboxylic acid groups (broad SMARTS) is 1. The number of hydrogen-bond acceptors (Lipinski definition) is 4. The van der Waals surface area contributed by atoms with Crippen LogP contribution in [0.3, 0.4) is 0 Å². The van der Waals surface area contributed by atoms with Gasteiger partial charge in [0.2, 0.25) is 0 Å². The first-order valence-electron chi connectivity index (χ1n) is 9.47. The molecule has 3 rings (SSSR count). The number of pyridine rings is 1. The predicted octanol–water partition coefficient (Wildman–Crippen LogP) is 5.15. The molecule has 0 fully saturated rings. The second-order valence-corrected chi connectivity index (χ2v) is 7.55. The van der Waals surface area contributed by atoms with Crippen LogP contribution in [0.2, 0.25) is 10.0 Å². The summed E-state index contributed by atoms with van der Waals surface area (Å²) in [7, 11) is 3.09. The second-order valence-electron chi connectivity index (χ2n) is 6.73. The molecule has 0 spiro atoms. The van der Waals surface area contributed by atoms with Gasteiger partial charge in [-0.15, -0.1) is 0 Å². The van der Waals surface area contributed by atoms with E-state index in [1.54, 1.807) is 43.1 Å². The number of benzene rings is 2. The van der Waals surface area contributed by atoms with Crippen molar-refractivity contribution in [3.05, 3.63) is 79.6 Å². The van der Waals surface area contributed by atoms with Crippen molar-refractivity contribution in [3.63, 3.8) is 0 Å². The first-order chi connectivity index (χ1) is 14.8. The lowest BCUT2D eigenvalue weighted by atomic mass is 10.0. The fraction of sp³-hybridized carbons (Fsp3) is 0.217. The molecule has 1 N–H and O–H groups in total. The molecule has 0 amide bonds. The van der Waals surface area contributed by atoms with Crippen LogP contribution in [0.15, 0.2) is 47.3 Å². The van der Waals surface area contributed by atoms with E-state index in [9.17, 15) is 14.7 Å². The van der Waals surface area contributed by atoms with Gasteiger partial charge in [-0.25, -0.2) is 4.79 Å². The zero-order valence-electron chi connectivity index (χ0n) is 17.2. The van der Waals surface area contributed by atoms with Crippen molar-refractivity contribution in [3.8, 4) is 22.8 Å². The van der Waals surface area contributed by atoms with Gasteiger partial charge in [0.15, 0.2) is 16.9 Å². The number of aromatic carboxylic acids is 1. The van der Waals surface area contributed by atoms with Crippen LogP contribution in [0.25, 0.3) is 11.3 Å². The maximum absolute atomic E-state index is 12.9. The van der Waals surface area contributed by atoms with Gasteiger partial charge in [-0.2, -0.15) is 0 Å². The van der Waals surface area contributed by atoms with Gasteiger partial charge < -0.3 is 19.1 Å². The summed E-state index contributed by atoms with van der Waals surface area (Å²) in [4.78, 5) is 24.8. The van der Waals surface area contributed by atoms with Gasteiger partial charge in [-0.1, -0.05) is 41.4 Å². The molecular weight excluding hydrogens is 441 g/mol. The number of rotatable bonds is 7. The molecular formula is C23H21Cl2NO5. The molecule has 31 heavy (non-hydrogen) atoms. The third-order valence-corrected chi connectivity index (χ3v) is 5.72. The van der Waals surface area contributed by atoms with Crippen LogP contribution in [0.1, 0.15) is 28.5 Å². The molecule has 8 heteroatoms. The molecule has 0 atom stereocenters. The summed E-state index contributed by atoms with van der Waals surface area (Å²) in [5.41, 5.74) is 1.29. The highest BCUT2D eigenvalue weighted by Gasteiger charge is 2.23. The quantitative estimate of drug-likeness (QED) is 0.526. The summed E-state index contributed by atoms with van der Waals surface area (Å²) in [5, 5.41) is 10.4. The molecule has 0 bridgehead atoms. The lowest BCUT2D eigenvalue weighted by Gasteiger charge is -2.21. The van der Waals surface area contributed by atoms with E-state index in [1.807, 2.05) is 19.1 Å². The molecule has 1 aromatic heterocycles. The third kappa shape index (κ3) is 4.40. The Bertz CT molecular complexity index is 1200. The summed E-state index contributed by atoms with van der Waals surface area (Å²) in [6, 6.07) is 11.6. The van der Waals surface area contributed by atoms with Gasteiger partial charge in [0, 0.05) is 35.9 Å². The summed E-state index contributed by atoms with van der Waals surface area (Å²) < 4.78 is 12.7.